The van der Waals surface area contributed by atoms with Gasteiger partial charge in [0, 0.05) is 11.1 Å². The Balaban J connectivity index is 2.85. The number of rotatable bonds is 1. The monoisotopic (exact) mass is 222 g/mol. The smallest absolute Gasteiger partial charge is 0.124 e. The zero-order valence-electron chi connectivity index (χ0n) is 7.67. The lowest BCUT2D eigenvalue weighted by atomic mass is 10.1. The second-order valence-electron chi connectivity index (χ2n) is 3.19. The highest BCUT2D eigenvalue weighted by molar-refractivity contribution is 7.85. The van der Waals surface area contributed by atoms with Crippen LogP contribution in [0.3, 0.4) is 0 Å². The minimum absolute atomic E-state index is 0.293. The van der Waals surface area contributed by atoms with Crippen molar-refractivity contribution in [2.45, 2.75) is 4.90 Å². The van der Waals surface area contributed by atoms with E-state index in [4.69, 9.17) is 5.73 Å². The van der Waals surface area contributed by atoms with E-state index >= 15 is 0 Å². The van der Waals surface area contributed by atoms with Gasteiger partial charge in [-0.25, -0.2) is 8.42 Å². The zero-order valence-corrected chi connectivity index (χ0v) is 8.49. The Morgan fingerprint density at radius 3 is 2.47 bits per heavy atom. The molecular formula is C10H8NO3S-. The van der Waals surface area contributed by atoms with Crippen LogP contribution in [0.2, 0.25) is 0 Å². The normalized spacial score (nSPS) is 11.8. The Labute approximate surface area is 87.1 Å². The van der Waals surface area contributed by atoms with Gasteiger partial charge in [0.15, 0.2) is 0 Å². The van der Waals surface area contributed by atoms with Crippen LogP contribution in [-0.4, -0.2) is 13.0 Å². The molecule has 4 nitrogen and oxygen atoms in total. The first-order valence-electron chi connectivity index (χ1n) is 4.22. The van der Waals surface area contributed by atoms with E-state index in [0.717, 1.165) is 5.39 Å². The second-order valence-corrected chi connectivity index (χ2v) is 4.57. The van der Waals surface area contributed by atoms with Crippen LogP contribution >= 0.6 is 0 Å². The molecule has 15 heavy (non-hydrogen) atoms. The van der Waals surface area contributed by atoms with Crippen molar-refractivity contribution in [3.63, 3.8) is 0 Å². The van der Waals surface area contributed by atoms with Crippen LogP contribution in [0.25, 0.3) is 10.8 Å². The predicted octanol–water partition coefficient (Wildman–Crippen LogP) is 1.33. The van der Waals surface area contributed by atoms with Gasteiger partial charge in [0.2, 0.25) is 0 Å². The molecule has 78 valence electrons. The minimum Gasteiger partial charge on any atom is -0.744 e. The fourth-order valence-corrected chi connectivity index (χ4v) is 2.00. The largest absolute Gasteiger partial charge is 0.744 e. The van der Waals surface area contributed by atoms with Crippen molar-refractivity contribution >= 4 is 26.6 Å². The molecule has 2 rings (SSSR count). The summed E-state index contributed by atoms with van der Waals surface area (Å²) in [5.41, 5.74) is 5.94. The molecule has 0 unspecified atom stereocenters. The van der Waals surface area contributed by atoms with Gasteiger partial charge >= 0.3 is 0 Å². The maximum Gasteiger partial charge on any atom is 0.124 e. The lowest BCUT2D eigenvalue weighted by Gasteiger charge is -2.10. The molecule has 5 heteroatoms. The summed E-state index contributed by atoms with van der Waals surface area (Å²) in [7, 11) is -4.45. The highest BCUT2D eigenvalue weighted by Crippen LogP contribution is 2.24. The van der Waals surface area contributed by atoms with Crippen molar-refractivity contribution in [1.82, 2.24) is 0 Å². The molecule has 0 bridgehead atoms. The number of hydrogen-bond donors (Lipinski definition) is 1. The fraction of sp³-hybridized carbons (Fsp3) is 0. The topological polar surface area (TPSA) is 83.2 Å². The highest BCUT2D eigenvalue weighted by atomic mass is 32.2. The molecule has 2 aromatic rings. The van der Waals surface area contributed by atoms with Gasteiger partial charge in [-0.3, -0.25) is 0 Å². The van der Waals surface area contributed by atoms with Gasteiger partial charge in [-0.2, -0.15) is 0 Å². The molecule has 2 aromatic carbocycles. The van der Waals surface area contributed by atoms with Crippen LogP contribution in [0, 0.1) is 0 Å². The van der Waals surface area contributed by atoms with E-state index < -0.39 is 10.1 Å². The van der Waals surface area contributed by atoms with Gasteiger partial charge in [0.05, 0.1) is 4.90 Å². The third-order valence-electron chi connectivity index (χ3n) is 2.16. The first-order chi connectivity index (χ1) is 6.98. The van der Waals surface area contributed by atoms with Crippen LogP contribution in [0.1, 0.15) is 0 Å². The summed E-state index contributed by atoms with van der Waals surface area (Å²) in [6, 6.07) is 9.54. The van der Waals surface area contributed by atoms with Crippen LogP contribution in [0.4, 0.5) is 5.69 Å². The lowest BCUT2D eigenvalue weighted by molar-refractivity contribution is 0.463. The number of anilines is 1. The van der Waals surface area contributed by atoms with E-state index in [2.05, 4.69) is 0 Å². The van der Waals surface area contributed by atoms with Crippen molar-refractivity contribution in [3.8, 4) is 0 Å². The molecule has 0 radical (unpaired) electrons. The quantitative estimate of drug-likeness (QED) is 0.582. The predicted molar refractivity (Wildman–Crippen MR) is 56.3 cm³/mol. The summed E-state index contributed by atoms with van der Waals surface area (Å²) >= 11 is 0. The van der Waals surface area contributed by atoms with Crippen LogP contribution in [0.5, 0.6) is 0 Å². The Morgan fingerprint density at radius 1 is 1.13 bits per heavy atom. The fourth-order valence-electron chi connectivity index (χ4n) is 1.46. The summed E-state index contributed by atoms with van der Waals surface area (Å²) in [6.07, 6.45) is 0. The number of nitrogens with two attached hydrogens (primary N) is 1. The molecule has 0 spiro atoms. The summed E-state index contributed by atoms with van der Waals surface area (Å²) in [6.45, 7) is 0. The number of benzene rings is 2. The first kappa shape index (κ1) is 9.95. The Bertz CT molecular complexity index is 620. The second kappa shape index (κ2) is 3.22. The SMILES string of the molecule is Nc1cc(S(=O)(=O)[O-])cc2ccccc12. The van der Waals surface area contributed by atoms with E-state index in [1.165, 1.54) is 12.1 Å². The Morgan fingerprint density at radius 2 is 1.80 bits per heavy atom. The van der Waals surface area contributed by atoms with Crippen molar-refractivity contribution in [2.24, 2.45) is 0 Å². The molecule has 0 saturated carbocycles. The summed E-state index contributed by atoms with van der Waals surface area (Å²) < 4.78 is 32.5. The van der Waals surface area contributed by atoms with Gasteiger partial charge in [0.25, 0.3) is 0 Å². The average molecular weight is 222 g/mol. The van der Waals surface area contributed by atoms with Crippen LogP contribution < -0.4 is 5.73 Å². The molecule has 0 aromatic heterocycles. The lowest BCUT2D eigenvalue weighted by Crippen LogP contribution is -2.00. The minimum atomic E-state index is -4.45. The van der Waals surface area contributed by atoms with E-state index in [9.17, 15) is 13.0 Å². The first-order valence-corrected chi connectivity index (χ1v) is 5.63. The maximum atomic E-state index is 10.8. The highest BCUT2D eigenvalue weighted by Gasteiger charge is 2.05. The third-order valence-corrected chi connectivity index (χ3v) is 2.97. The zero-order chi connectivity index (χ0) is 11.1. The summed E-state index contributed by atoms with van der Waals surface area (Å²) in [5.74, 6) is 0. The molecule has 0 amide bonds. The molecule has 0 atom stereocenters. The molecule has 0 aliphatic heterocycles. The van der Waals surface area contributed by atoms with E-state index in [1.807, 2.05) is 0 Å². The van der Waals surface area contributed by atoms with E-state index in [1.54, 1.807) is 24.3 Å². The van der Waals surface area contributed by atoms with Gasteiger partial charge < -0.3 is 10.3 Å². The molecule has 0 aliphatic carbocycles. The Kier molecular flexibility index (Phi) is 2.13. The van der Waals surface area contributed by atoms with Gasteiger partial charge in [-0.15, -0.1) is 0 Å². The van der Waals surface area contributed by atoms with Crippen LogP contribution in [-0.2, 0) is 10.1 Å². The van der Waals surface area contributed by atoms with Gasteiger partial charge in [-0.05, 0) is 17.5 Å². The molecule has 0 heterocycles. The van der Waals surface area contributed by atoms with Crippen molar-refractivity contribution in [1.29, 1.82) is 0 Å². The van der Waals surface area contributed by atoms with Crippen LogP contribution in [0.15, 0.2) is 41.3 Å². The molecule has 0 fully saturated rings. The van der Waals surface area contributed by atoms with Gasteiger partial charge in [-0.1, -0.05) is 24.3 Å². The van der Waals surface area contributed by atoms with E-state index in [-0.39, 0.29) is 4.90 Å². The maximum absolute atomic E-state index is 10.8. The molecule has 0 saturated heterocycles. The standard InChI is InChI=1S/C10H9NO3S/c11-10-6-8(15(12,13)14)5-7-3-1-2-4-9(7)10/h1-6H,11H2,(H,12,13,14)/p-1. The van der Waals surface area contributed by atoms with Crippen molar-refractivity contribution in [2.75, 3.05) is 5.73 Å². The van der Waals surface area contributed by atoms with Crippen molar-refractivity contribution < 1.29 is 13.0 Å². The molecular weight excluding hydrogens is 214 g/mol. The van der Waals surface area contributed by atoms with Gasteiger partial charge in [0.1, 0.15) is 10.1 Å². The average Bonchev–Trinajstić information content (AvgIpc) is 2.16. The molecule has 0 aliphatic rings. The third kappa shape index (κ3) is 1.79. The summed E-state index contributed by atoms with van der Waals surface area (Å²) in [5, 5.41) is 1.39. The Hall–Kier alpha value is -1.59. The van der Waals surface area contributed by atoms with Crippen molar-refractivity contribution in [3.05, 3.63) is 36.4 Å². The number of hydrogen-bond acceptors (Lipinski definition) is 4. The van der Waals surface area contributed by atoms with E-state index in [0.29, 0.717) is 11.1 Å². The molecule has 2 N–H and O–H groups in total. The summed E-state index contributed by atoms with van der Waals surface area (Å²) in [4.78, 5) is -0.293. The number of fused-ring (bicyclic) bond motifs is 1. The number of nitrogen functional groups attached to an aromatic ring is 1.